The van der Waals surface area contributed by atoms with E-state index in [1.165, 1.54) is 44.9 Å². The van der Waals surface area contributed by atoms with Gasteiger partial charge in [-0.25, -0.2) is 0 Å². The second kappa shape index (κ2) is 11.0. The lowest BCUT2D eigenvalue weighted by molar-refractivity contribution is -0.145. The average molecular weight is 490 g/mol. The van der Waals surface area contributed by atoms with Crippen molar-refractivity contribution in [2.24, 2.45) is 10.4 Å². The molecule has 1 spiro atoms. The predicted octanol–water partition coefficient (Wildman–Crippen LogP) is 3.55. The number of nitrogens with one attached hydrogen (secondary N) is 2. The number of aliphatic imine (C=N–C) groups is 1. The second-order valence-electron chi connectivity index (χ2n) is 8.25. The number of halogens is 1. The van der Waals surface area contributed by atoms with E-state index in [0.717, 1.165) is 38.6 Å². The van der Waals surface area contributed by atoms with Gasteiger partial charge >= 0.3 is 0 Å². The fraction of sp³-hybridized carbons (Fsp3) is 0.857. The van der Waals surface area contributed by atoms with Gasteiger partial charge in [0.15, 0.2) is 5.96 Å². The second-order valence-corrected chi connectivity index (χ2v) is 8.25. The monoisotopic (exact) mass is 490 g/mol. The molecule has 2 unspecified atom stereocenters. The Bertz CT molecular complexity index is 485. The Morgan fingerprint density at radius 1 is 1.22 bits per heavy atom. The molecule has 0 bridgehead atoms. The molecule has 0 radical (unpaired) electrons. The maximum absolute atomic E-state index is 6.09. The Morgan fingerprint density at radius 2 is 1.93 bits per heavy atom. The van der Waals surface area contributed by atoms with E-state index < -0.39 is 0 Å². The molecular formula is C21H39IN4O. The maximum atomic E-state index is 6.09. The zero-order chi connectivity index (χ0) is 18.4. The largest absolute Gasteiger partial charge is 0.378 e. The van der Waals surface area contributed by atoms with Crippen LogP contribution in [-0.2, 0) is 4.74 Å². The molecule has 6 heteroatoms. The Hall–Kier alpha value is -0.340. The Kier molecular flexibility index (Phi) is 9.35. The molecule has 1 heterocycles. The first-order valence-electron chi connectivity index (χ1n) is 10.7. The number of rotatable bonds is 6. The van der Waals surface area contributed by atoms with E-state index >= 15 is 0 Å². The lowest BCUT2D eigenvalue weighted by Crippen LogP contribution is -2.67. The molecular weight excluding hydrogens is 451 g/mol. The molecule has 0 aromatic rings. The van der Waals surface area contributed by atoms with Crippen molar-refractivity contribution >= 4 is 29.9 Å². The van der Waals surface area contributed by atoms with Gasteiger partial charge in [0.2, 0.25) is 0 Å². The Balaban J connectivity index is 0.00000261. The van der Waals surface area contributed by atoms with Crippen LogP contribution in [0.25, 0.3) is 0 Å². The summed E-state index contributed by atoms with van der Waals surface area (Å²) in [5.41, 5.74) is 0.333. The van der Waals surface area contributed by atoms with E-state index in [1.807, 2.05) is 13.1 Å². The molecule has 0 amide bonds. The van der Waals surface area contributed by atoms with Crippen molar-refractivity contribution in [2.45, 2.75) is 76.5 Å². The van der Waals surface area contributed by atoms with Crippen molar-refractivity contribution < 1.29 is 4.74 Å². The smallest absolute Gasteiger partial charge is 0.191 e. The summed E-state index contributed by atoms with van der Waals surface area (Å²) in [5, 5.41) is 7.45. The molecule has 1 aliphatic heterocycles. The molecule has 1 saturated heterocycles. The third-order valence-corrected chi connectivity index (χ3v) is 6.79. The first kappa shape index (κ1) is 22.9. The van der Waals surface area contributed by atoms with Gasteiger partial charge in [-0.1, -0.05) is 25.3 Å². The summed E-state index contributed by atoms with van der Waals surface area (Å²) in [6.07, 6.45) is 12.6. The van der Waals surface area contributed by atoms with E-state index in [0.29, 0.717) is 23.6 Å². The number of ether oxygens (including phenoxy) is 1. The van der Waals surface area contributed by atoms with Crippen molar-refractivity contribution in [1.82, 2.24) is 15.5 Å². The summed E-state index contributed by atoms with van der Waals surface area (Å²) in [6, 6.07) is 1.03. The molecule has 3 fully saturated rings. The number of likely N-dealkylation sites (tertiary alicyclic amines) is 1. The van der Waals surface area contributed by atoms with Gasteiger partial charge in [0.25, 0.3) is 0 Å². The summed E-state index contributed by atoms with van der Waals surface area (Å²) in [4.78, 5) is 7.00. The van der Waals surface area contributed by atoms with Gasteiger partial charge in [-0.2, -0.15) is 0 Å². The van der Waals surface area contributed by atoms with Gasteiger partial charge in [0.05, 0.1) is 6.10 Å². The van der Waals surface area contributed by atoms with Crippen LogP contribution in [0.2, 0.25) is 0 Å². The highest BCUT2D eigenvalue weighted by molar-refractivity contribution is 14.0. The van der Waals surface area contributed by atoms with Crippen molar-refractivity contribution in [1.29, 1.82) is 0 Å². The SMILES string of the molecule is C=CCN1CCC(NC(=NC)NC2CC(OCC)C23CCCCC3)CC1.I. The number of nitrogens with zero attached hydrogens (tertiary/aromatic N) is 2. The van der Waals surface area contributed by atoms with Crippen molar-refractivity contribution in [3.63, 3.8) is 0 Å². The topological polar surface area (TPSA) is 48.9 Å². The van der Waals surface area contributed by atoms with Crippen molar-refractivity contribution in [3.8, 4) is 0 Å². The van der Waals surface area contributed by atoms with E-state index in [9.17, 15) is 0 Å². The average Bonchev–Trinajstić information content (AvgIpc) is 2.68. The molecule has 2 aliphatic carbocycles. The highest BCUT2D eigenvalue weighted by Crippen LogP contribution is 2.53. The van der Waals surface area contributed by atoms with Gasteiger partial charge < -0.3 is 15.4 Å². The maximum Gasteiger partial charge on any atom is 0.191 e. The van der Waals surface area contributed by atoms with Crippen LogP contribution < -0.4 is 10.6 Å². The van der Waals surface area contributed by atoms with E-state index in [-0.39, 0.29) is 24.0 Å². The number of hydrogen-bond donors (Lipinski definition) is 2. The predicted molar refractivity (Wildman–Crippen MR) is 124 cm³/mol. The van der Waals surface area contributed by atoms with Gasteiger partial charge in [0, 0.05) is 50.8 Å². The fourth-order valence-electron chi connectivity index (χ4n) is 5.24. The van der Waals surface area contributed by atoms with Gasteiger partial charge in [-0.05, 0) is 39.0 Å². The molecule has 5 nitrogen and oxygen atoms in total. The van der Waals surface area contributed by atoms with Crippen LogP contribution in [0, 0.1) is 5.41 Å². The minimum absolute atomic E-state index is 0. The van der Waals surface area contributed by atoms with Crippen LogP contribution in [0.15, 0.2) is 17.6 Å². The van der Waals surface area contributed by atoms with Crippen LogP contribution in [0.3, 0.4) is 0 Å². The third kappa shape index (κ3) is 5.38. The molecule has 2 saturated carbocycles. The lowest BCUT2D eigenvalue weighted by atomic mass is 9.55. The summed E-state index contributed by atoms with van der Waals surface area (Å²) in [7, 11) is 1.90. The van der Waals surface area contributed by atoms with Crippen LogP contribution in [-0.4, -0.2) is 62.3 Å². The number of guanidine groups is 1. The lowest BCUT2D eigenvalue weighted by Gasteiger charge is -2.58. The van der Waals surface area contributed by atoms with E-state index in [1.54, 1.807) is 0 Å². The zero-order valence-electron chi connectivity index (χ0n) is 17.2. The minimum Gasteiger partial charge on any atom is -0.378 e. The van der Waals surface area contributed by atoms with Gasteiger partial charge in [-0.3, -0.25) is 9.89 Å². The molecule has 0 aromatic heterocycles. The minimum atomic E-state index is 0. The number of piperidine rings is 1. The molecule has 0 aromatic carbocycles. The summed E-state index contributed by atoms with van der Waals surface area (Å²) in [5.74, 6) is 0.983. The molecule has 3 rings (SSSR count). The number of hydrogen-bond acceptors (Lipinski definition) is 3. The fourth-order valence-corrected chi connectivity index (χ4v) is 5.24. The Labute approximate surface area is 182 Å². The van der Waals surface area contributed by atoms with Crippen molar-refractivity contribution in [2.75, 3.05) is 33.3 Å². The molecule has 2 N–H and O–H groups in total. The standard InChI is InChI=1S/C21H38N4O.HI/c1-4-13-25-14-9-17(10-15-25)23-20(22-3)24-18-16-19(26-5-2)21(18)11-7-6-8-12-21;/h4,17-19H,1,5-16H2,2-3H3,(H2,22,23,24);1H. The molecule has 2 atom stereocenters. The highest BCUT2D eigenvalue weighted by Gasteiger charge is 2.55. The molecule has 3 aliphatic rings. The molecule has 27 heavy (non-hydrogen) atoms. The summed E-state index contributed by atoms with van der Waals surface area (Å²) in [6.45, 7) is 10.1. The Morgan fingerprint density at radius 3 is 2.52 bits per heavy atom. The summed E-state index contributed by atoms with van der Waals surface area (Å²) >= 11 is 0. The van der Waals surface area contributed by atoms with Crippen molar-refractivity contribution in [3.05, 3.63) is 12.7 Å². The third-order valence-electron chi connectivity index (χ3n) is 6.79. The first-order valence-corrected chi connectivity index (χ1v) is 10.7. The molecule has 156 valence electrons. The quantitative estimate of drug-likeness (QED) is 0.259. The zero-order valence-corrected chi connectivity index (χ0v) is 19.5. The summed E-state index contributed by atoms with van der Waals surface area (Å²) < 4.78 is 6.09. The van der Waals surface area contributed by atoms with Crippen LogP contribution in [0.1, 0.15) is 58.3 Å². The van der Waals surface area contributed by atoms with Gasteiger partial charge in [0.1, 0.15) is 0 Å². The normalized spacial score (nSPS) is 28.9. The van der Waals surface area contributed by atoms with Crippen LogP contribution in [0.5, 0.6) is 0 Å². The van der Waals surface area contributed by atoms with E-state index in [4.69, 9.17) is 4.74 Å². The highest BCUT2D eigenvalue weighted by atomic mass is 127. The van der Waals surface area contributed by atoms with Crippen LogP contribution >= 0.6 is 24.0 Å². The van der Waals surface area contributed by atoms with E-state index in [2.05, 4.69) is 34.0 Å². The first-order chi connectivity index (χ1) is 12.7. The van der Waals surface area contributed by atoms with Crippen LogP contribution in [0.4, 0.5) is 0 Å². The van der Waals surface area contributed by atoms with Gasteiger partial charge in [-0.15, -0.1) is 30.6 Å².